The number of halogens is 1. The van der Waals surface area contributed by atoms with Gasteiger partial charge in [0.1, 0.15) is 24.7 Å². The summed E-state index contributed by atoms with van der Waals surface area (Å²) in [6.45, 7) is 0.880. The van der Waals surface area contributed by atoms with E-state index in [1.807, 2.05) is 0 Å². The number of amides is 1. The number of aliphatic hydroxyl groups excluding tert-OH is 1. The zero-order valence-corrected chi connectivity index (χ0v) is 17.5. The van der Waals surface area contributed by atoms with E-state index in [1.165, 1.54) is 11.2 Å². The number of rotatable bonds is 4. The Morgan fingerprint density at radius 3 is 2.59 bits per heavy atom. The Labute approximate surface area is 188 Å². The molecule has 3 aromatic rings. The third-order valence-corrected chi connectivity index (χ3v) is 5.66. The molecule has 0 saturated carbocycles. The van der Waals surface area contributed by atoms with Gasteiger partial charge in [-0.25, -0.2) is 0 Å². The predicted octanol–water partition coefficient (Wildman–Crippen LogP) is 4.33. The minimum Gasteiger partial charge on any atom is -0.507 e. The summed E-state index contributed by atoms with van der Waals surface area (Å²) in [6.07, 6.45) is 1.50. The van der Waals surface area contributed by atoms with Gasteiger partial charge in [0.05, 0.1) is 24.4 Å². The Morgan fingerprint density at radius 2 is 1.84 bits per heavy atom. The Morgan fingerprint density at radius 1 is 1.03 bits per heavy atom. The standard InChI is InChI=1S/C24H18ClNO6/c25-16-4-1-3-14(11-16)21-20(23(28)24(29)26(21)13-17-5-2-8-30-17)22(27)15-6-7-18-19(12-15)32-10-9-31-18/h1-8,11-12,21,27H,9-10,13H2. The summed E-state index contributed by atoms with van der Waals surface area (Å²) in [7, 11) is 0. The number of Topliss-reactive ketones (excluding diaryl/α,β-unsaturated/α-hetero) is 1. The van der Waals surface area contributed by atoms with Crippen molar-refractivity contribution in [3.8, 4) is 11.5 Å². The van der Waals surface area contributed by atoms with Gasteiger partial charge in [-0.3, -0.25) is 9.59 Å². The van der Waals surface area contributed by atoms with Crippen LogP contribution in [0, 0.1) is 0 Å². The number of likely N-dealkylation sites (tertiary alicyclic amines) is 1. The maximum absolute atomic E-state index is 13.1. The van der Waals surface area contributed by atoms with E-state index >= 15 is 0 Å². The van der Waals surface area contributed by atoms with E-state index in [4.69, 9.17) is 25.5 Å². The van der Waals surface area contributed by atoms with Crippen LogP contribution in [0.5, 0.6) is 11.5 Å². The number of furan rings is 1. The molecule has 2 aliphatic heterocycles. The quantitative estimate of drug-likeness (QED) is 0.361. The highest BCUT2D eigenvalue weighted by molar-refractivity contribution is 6.46. The van der Waals surface area contributed by atoms with Crippen molar-refractivity contribution in [2.24, 2.45) is 0 Å². The number of ether oxygens (including phenoxy) is 2. The number of hydrogen-bond acceptors (Lipinski definition) is 6. The average Bonchev–Trinajstić information content (AvgIpc) is 3.41. The van der Waals surface area contributed by atoms with Gasteiger partial charge in [0.15, 0.2) is 11.5 Å². The van der Waals surface area contributed by atoms with Crippen molar-refractivity contribution in [3.05, 3.63) is 88.3 Å². The van der Waals surface area contributed by atoms with Crippen molar-refractivity contribution < 1.29 is 28.6 Å². The van der Waals surface area contributed by atoms with Crippen molar-refractivity contribution in [1.82, 2.24) is 4.90 Å². The van der Waals surface area contributed by atoms with E-state index in [0.29, 0.717) is 46.6 Å². The fraction of sp³-hybridized carbons (Fsp3) is 0.167. The molecule has 162 valence electrons. The molecule has 1 fully saturated rings. The summed E-state index contributed by atoms with van der Waals surface area (Å²) >= 11 is 6.19. The smallest absolute Gasteiger partial charge is 0.296 e. The van der Waals surface area contributed by atoms with E-state index in [0.717, 1.165) is 0 Å². The van der Waals surface area contributed by atoms with Gasteiger partial charge in [-0.05, 0) is 48.0 Å². The van der Waals surface area contributed by atoms with Crippen LogP contribution in [0.1, 0.15) is 22.9 Å². The first-order valence-corrected chi connectivity index (χ1v) is 10.4. The number of nitrogens with zero attached hydrogens (tertiary/aromatic N) is 1. The molecule has 2 aliphatic rings. The molecular formula is C24H18ClNO6. The third kappa shape index (κ3) is 3.50. The molecule has 3 heterocycles. The van der Waals surface area contributed by atoms with E-state index in [-0.39, 0.29) is 17.9 Å². The number of carbonyl (C=O) groups excluding carboxylic acids is 2. The fourth-order valence-corrected chi connectivity index (χ4v) is 4.18. The van der Waals surface area contributed by atoms with E-state index < -0.39 is 17.7 Å². The summed E-state index contributed by atoms with van der Waals surface area (Å²) in [5.74, 6) is -0.285. The molecule has 1 saturated heterocycles. The Bertz CT molecular complexity index is 1230. The first kappa shape index (κ1) is 20.2. The molecule has 1 amide bonds. The zero-order valence-electron chi connectivity index (χ0n) is 16.8. The third-order valence-electron chi connectivity index (χ3n) is 5.43. The lowest BCUT2D eigenvalue weighted by atomic mass is 9.95. The van der Waals surface area contributed by atoms with Gasteiger partial charge < -0.3 is 23.9 Å². The monoisotopic (exact) mass is 451 g/mol. The lowest BCUT2D eigenvalue weighted by Gasteiger charge is -2.25. The summed E-state index contributed by atoms with van der Waals surface area (Å²) in [5, 5.41) is 11.6. The highest BCUT2D eigenvalue weighted by atomic mass is 35.5. The van der Waals surface area contributed by atoms with Gasteiger partial charge in [-0.15, -0.1) is 0 Å². The molecule has 0 radical (unpaired) electrons. The van der Waals surface area contributed by atoms with Crippen molar-refractivity contribution in [2.45, 2.75) is 12.6 Å². The van der Waals surface area contributed by atoms with Gasteiger partial charge in [0, 0.05) is 10.6 Å². The van der Waals surface area contributed by atoms with E-state index in [1.54, 1.807) is 54.6 Å². The molecule has 1 unspecified atom stereocenters. The number of carbonyl (C=O) groups is 2. The number of fused-ring (bicyclic) bond motifs is 1. The normalized spacial score (nSPS) is 19.4. The SMILES string of the molecule is O=C1C(=O)N(Cc2ccco2)C(c2cccc(Cl)c2)C1=C(O)c1ccc2c(c1)OCCO2. The summed E-state index contributed by atoms with van der Waals surface area (Å²) < 4.78 is 16.5. The van der Waals surface area contributed by atoms with E-state index in [9.17, 15) is 14.7 Å². The first-order chi connectivity index (χ1) is 15.5. The predicted molar refractivity (Wildman–Crippen MR) is 115 cm³/mol. The molecule has 8 heteroatoms. The van der Waals surface area contributed by atoms with Crippen molar-refractivity contribution in [3.63, 3.8) is 0 Å². The van der Waals surface area contributed by atoms with Gasteiger partial charge in [-0.2, -0.15) is 0 Å². The lowest BCUT2D eigenvalue weighted by molar-refractivity contribution is -0.140. The van der Waals surface area contributed by atoms with Crippen LogP contribution in [0.15, 0.2) is 70.9 Å². The molecule has 2 aromatic carbocycles. The van der Waals surface area contributed by atoms with Gasteiger partial charge in [0.2, 0.25) is 0 Å². The molecule has 5 rings (SSSR count). The molecule has 0 aliphatic carbocycles. The molecule has 7 nitrogen and oxygen atoms in total. The van der Waals surface area contributed by atoms with Crippen molar-refractivity contribution in [1.29, 1.82) is 0 Å². The average molecular weight is 452 g/mol. The Hall–Kier alpha value is -3.71. The fourth-order valence-electron chi connectivity index (χ4n) is 3.98. The van der Waals surface area contributed by atoms with Gasteiger partial charge in [-0.1, -0.05) is 23.7 Å². The van der Waals surface area contributed by atoms with Crippen LogP contribution in [0.3, 0.4) is 0 Å². The minimum atomic E-state index is -0.841. The largest absolute Gasteiger partial charge is 0.507 e. The highest BCUT2D eigenvalue weighted by Gasteiger charge is 2.46. The van der Waals surface area contributed by atoms with Gasteiger partial charge >= 0.3 is 0 Å². The van der Waals surface area contributed by atoms with Crippen molar-refractivity contribution >= 4 is 29.1 Å². The Balaban J connectivity index is 1.64. The number of hydrogen-bond donors (Lipinski definition) is 1. The zero-order chi connectivity index (χ0) is 22.2. The van der Waals surface area contributed by atoms with Crippen molar-refractivity contribution in [2.75, 3.05) is 13.2 Å². The van der Waals surface area contributed by atoms with Crippen LogP contribution in [0.25, 0.3) is 5.76 Å². The second kappa shape index (κ2) is 8.09. The van der Waals surface area contributed by atoms with Crippen LogP contribution in [0.2, 0.25) is 5.02 Å². The first-order valence-electron chi connectivity index (χ1n) is 9.99. The van der Waals surface area contributed by atoms with Crippen LogP contribution in [-0.4, -0.2) is 34.9 Å². The number of benzene rings is 2. The topological polar surface area (TPSA) is 89.2 Å². The van der Waals surface area contributed by atoms with Crippen LogP contribution in [-0.2, 0) is 16.1 Å². The van der Waals surface area contributed by atoms with Crippen LogP contribution < -0.4 is 9.47 Å². The molecule has 0 spiro atoms. The van der Waals surface area contributed by atoms with Gasteiger partial charge in [0.25, 0.3) is 11.7 Å². The summed E-state index contributed by atoms with van der Waals surface area (Å²) in [6, 6.07) is 14.3. The molecule has 1 N–H and O–H groups in total. The maximum atomic E-state index is 13.1. The molecule has 1 aromatic heterocycles. The second-order valence-corrected chi connectivity index (χ2v) is 7.86. The summed E-state index contributed by atoms with van der Waals surface area (Å²) in [4.78, 5) is 27.5. The van der Waals surface area contributed by atoms with Crippen LogP contribution in [0.4, 0.5) is 0 Å². The molecule has 32 heavy (non-hydrogen) atoms. The van der Waals surface area contributed by atoms with Crippen LogP contribution >= 0.6 is 11.6 Å². The lowest BCUT2D eigenvalue weighted by Crippen LogP contribution is -2.29. The molecule has 0 bridgehead atoms. The van der Waals surface area contributed by atoms with E-state index in [2.05, 4.69) is 0 Å². The maximum Gasteiger partial charge on any atom is 0.296 e. The number of ketones is 1. The Kier molecular flexibility index (Phi) is 5.11. The minimum absolute atomic E-state index is 0.0273. The second-order valence-electron chi connectivity index (χ2n) is 7.42. The molecule has 1 atom stereocenters. The highest BCUT2D eigenvalue weighted by Crippen LogP contribution is 2.42. The number of aliphatic hydroxyl groups is 1. The molecular weight excluding hydrogens is 434 g/mol. The summed E-state index contributed by atoms with van der Waals surface area (Å²) in [5.41, 5.74) is 0.917.